The average Bonchev–Trinajstić information content (AvgIpc) is 3.10. The van der Waals surface area contributed by atoms with Crippen molar-refractivity contribution < 1.29 is 14.3 Å². The monoisotopic (exact) mass is 336 g/mol. The molecule has 4 rings (SSSR count). The molecule has 1 aliphatic heterocycles. The summed E-state index contributed by atoms with van der Waals surface area (Å²) in [6.45, 7) is 3.92. The fraction of sp³-hybridized carbons (Fsp3) is 0.765. The second kappa shape index (κ2) is 6.49. The van der Waals surface area contributed by atoms with Gasteiger partial charge in [-0.2, -0.15) is 0 Å². The summed E-state index contributed by atoms with van der Waals surface area (Å²) in [7, 11) is 0. The predicted molar refractivity (Wildman–Crippen MR) is 87.2 cm³/mol. The maximum Gasteiger partial charge on any atom is 0.223 e. The quantitative estimate of drug-likeness (QED) is 0.829. The second-order valence-corrected chi connectivity index (χ2v) is 7.98. The predicted octanol–water partition coefficient (Wildman–Crippen LogP) is 2.53. The van der Waals surface area contributed by atoms with Crippen LogP contribution in [0.2, 0.25) is 0 Å². The van der Waals surface area contributed by atoms with Crippen LogP contribution in [0.1, 0.15) is 42.8 Å². The zero-order chi connectivity index (χ0) is 15.8. The molecule has 5 nitrogen and oxygen atoms in total. The third-order valence-corrected chi connectivity index (χ3v) is 5.95. The van der Waals surface area contributed by atoms with Gasteiger partial charge >= 0.3 is 0 Å². The SMILES string of the molecule is Cc1nc(CO[C@@H]2CC[C@H]3[C@H]2OCCN3C(=O)CC2CC2)cs1. The smallest absolute Gasteiger partial charge is 0.223 e. The third kappa shape index (κ3) is 3.44. The number of carbonyl (C=O) groups excluding carboxylic acids is 1. The van der Waals surface area contributed by atoms with Gasteiger partial charge in [0.15, 0.2) is 0 Å². The first-order valence-corrected chi connectivity index (χ1v) is 9.52. The van der Waals surface area contributed by atoms with Crippen LogP contribution in [0.3, 0.4) is 0 Å². The van der Waals surface area contributed by atoms with Crippen LogP contribution in [-0.4, -0.2) is 47.2 Å². The summed E-state index contributed by atoms with van der Waals surface area (Å²) in [5.41, 5.74) is 0.994. The summed E-state index contributed by atoms with van der Waals surface area (Å²) in [4.78, 5) is 19.0. The standard InChI is InChI=1S/C17H24N2O3S/c1-11-18-13(10-23-11)9-22-15-5-4-14-17(15)21-7-6-19(14)16(20)8-12-2-3-12/h10,12,14-15,17H,2-9H2,1H3/t14-,15+,17+/m0/s1. The van der Waals surface area contributed by atoms with Crippen molar-refractivity contribution in [1.29, 1.82) is 0 Å². The molecule has 2 saturated carbocycles. The highest BCUT2D eigenvalue weighted by atomic mass is 32.1. The summed E-state index contributed by atoms with van der Waals surface area (Å²) in [6.07, 6.45) is 5.25. The first-order chi connectivity index (χ1) is 11.2. The van der Waals surface area contributed by atoms with E-state index in [9.17, 15) is 4.79 Å². The van der Waals surface area contributed by atoms with E-state index in [0.717, 1.165) is 36.5 Å². The van der Waals surface area contributed by atoms with Gasteiger partial charge in [-0.25, -0.2) is 4.98 Å². The zero-order valence-electron chi connectivity index (χ0n) is 13.6. The minimum Gasteiger partial charge on any atom is -0.372 e. The van der Waals surface area contributed by atoms with E-state index in [1.54, 1.807) is 11.3 Å². The number of aromatic nitrogens is 1. The molecule has 0 aromatic carbocycles. The lowest BCUT2D eigenvalue weighted by atomic mass is 10.1. The summed E-state index contributed by atoms with van der Waals surface area (Å²) in [5, 5.41) is 3.12. The molecule has 0 spiro atoms. The minimum atomic E-state index is 0.0339. The van der Waals surface area contributed by atoms with Gasteiger partial charge < -0.3 is 14.4 Å². The van der Waals surface area contributed by atoms with Crippen LogP contribution in [0, 0.1) is 12.8 Å². The molecule has 3 aliphatic rings. The maximum absolute atomic E-state index is 12.5. The fourth-order valence-corrected chi connectivity index (χ4v) is 4.35. The number of hydrogen-bond donors (Lipinski definition) is 0. The van der Waals surface area contributed by atoms with Gasteiger partial charge in [-0.05, 0) is 38.5 Å². The number of ether oxygens (including phenoxy) is 2. The van der Waals surface area contributed by atoms with Crippen molar-refractivity contribution in [3.8, 4) is 0 Å². The Balaban J connectivity index is 1.35. The van der Waals surface area contributed by atoms with E-state index in [1.165, 1.54) is 12.8 Å². The molecule has 0 bridgehead atoms. The maximum atomic E-state index is 12.5. The molecular weight excluding hydrogens is 312 g/mol. The molecule has 3 fully saturated rings. The van der Waals surface area contributed by atoms with Gasteiger partial charge in [0, 0.05) is 18.3 Å². The lowest BCUT2D eigenvalue weighted by Gasteiger charge is -2.39. The fourth-order valence-electron chi connectivity index (χ4n) is 3.76. The summed E-state index contributed by atoms with van der Waals surface area (Å²) in [6, 6.07) is 0.206. The minimum absolute atomic E-state index is 0.0339. The first kappa shape index (κ1) is 15.5. The highest BCUT2D eigenvalue weighted by molar-refractivity contribution is 7.09. The number of thiazole rings is 1. The molecule has 0 unspecified atom stereocenters. The van der Waals surface area contributed by atoms with Crippen molar-refractivity contribution in [3.05, 3.63) is 16.1 Å². The number of fused-ring (bicyclic) bond motifs is 1. The van der Waals surface area contributed by atoms with E-state index in [2.05, 4.69) is 15.3 Å². The molecule has 126 valence electrons. The summed E-state index contributed by atoms with van der Waals surface area (Å²) >= 11 is 1.65. The van der Waals surface area contributed by atoms with E-state index < -0.39 is 0 Å². The van der Waals surface area contributed by atoms with Gasteiger partial charge in [-0.3, -0.25) is 4.79 Å². The molecule has 1 saturated heterocycles. The third-order valence-electron chi connectivity index (χ3n) is 5.13. The molecule has 23 heavy (non-hydrogen) atoms. The molecule has 2 heterocycles. The van der Waals surface area contributed by atoms with Crippen molar-refractivity contribution in [1.82, 2.24) is 9.88 Å². The molecule has 2 aliphatic carbocycles. The number of nitrogens with zero attached hydrogens (tertiary/aromatic N) is 2. The van der Waals surface area contributed by atoms with Gasteiger partial charge in [-0.1, -0.05) is 0 Å². The Labute approximate surface area is 141 Å². The topological polar surface area (TPSA) is 51.7 Å². The molecule has 1 aromatic heterocycles. The largest absolute Gasteiger partial charge is 0.372 e. The van der Waals surface area contributed by atoms with Crippen LogP contribution in [0.15, 0.2) is 5.38 Å². The van der Waals surface area contributed by atoms with Crippen molar-refractivity contribution in [2.45, 2.75) is 63.9 Å². The van der Waals surface area contributed by atoms with Gasteiger partial charge in [-0.15, -0.1) is 11.3 Å². The van der Waals surface area contributed by atoms with Gasteiger partial charge in [0.1, 0.15) is 6.10 Å². The highest BCUT2D eigenvalue weighted by Crippen LogP contribution is 2.36. The van der Waals surface area contributed by atoms with Crippen molar-refractivity contribution >= 4 is 17.2 Å². The lowest BCUT2D eigenvalue weighted by molar-refractivity contribution is -0.152. The van der Waals surface area contributed by atoms with Crippen LogP contribution in [0.5, 0.6) is 0 Å². The van der Waals surface area contributed by atoms with Crippen LogP contribution in [0.4, 0.5) is 0 Å². The summed E-state index contributed by atoms with van der Waals surface area (Å²) < 4.78 is 12.0. The molecule has 3 atom stereocenters. The Kier molecular flexibility index (Phi) is 4.39. The van der Waals surface area contributed by atoms with Gasteiger partial charge in [0.25, 0.3) is 0 Å². The normalized spacial score (nSPS) is 30.5. The number of aryl methyl sites for hydroxylation is 1. The van der Waals surface area contributed by atoms with Crippen LogP contribution < -0.4 is 0 Å². The molecule has 0 N–H and O–H groups in total. The van der Waals surface area contributed by atoms with E-state index >= 15 is 0 Å². The Morgan fingerprint density at radius 1 is 1.43 bits per heavy atom. The molecule has 0 radical (unpaired) electrons. The van der Waals surface area contributed by atoms with Crippen molar-refractivity contribution in [2.24, 2.45) is 5.92 Å². The van der Waals surface area contributed by atoms with Crippen LogP contribution >= 0.6 is 11.3 Å². The van der Waals surface area contributed by atoms with E-state index in [1.807, 2.05) is 6.92 Å². The number of hydrogen-bond acceptors (Lipinski definition) is 5. The van der Waals surface area contributed by atoms with Crippen molar-refractivity contribution in [2.75, 3.05) is 13.2 Å². The average molecular weight is 336 g/mol. The number of morpholine rings is 1. The summed E-state index contributed by atoms with van der Waals surface area (Å²) in [5.74, 6) is 0.965. The van der Waals surface area contributed by atoms with Crippen molar-refractivity contribution in [3.63, 3.8) is 0 Å². The Morgan fingerprint density at radius 2 is 2.30 bits per heavy atom. The number of rotatable bonds is 5. The molecule has 1 amide bonds. The first-order valence-electron chi connectivity index (χ1n) is 8.64. The molecule has 1 aromatic rings. The van der Waals surface area contributed by atoms with E-state index in [0.29, 0.717) is 25.0 Å². The second-order valence-electron chi connectivity index (χ2n) is 6.92. The number of carbonyl (C=O) groups is 1. The van der Waals surface area contributed by atoms with Gasteiger partial charge in [0.2, 0.25) is 5.91 Å². The zero-order valence-corrected chi connectivity index (χ0v) is 14.4. The molecule has 6 heteroatoms. The Morgan fingerprint density at radius 3 is 3.04 bits per heavy atom. The highest BCUT2D eigenvalue weighted by Gasteiger charge is 2.45. The Hall–Kier alpha value is -0.980. The number of amides is 1. The lowest BCUT2D eigenvalue weighted by Crippen LogP contribution is -2.53. The molecular formula is C17H24N2O3S. The van der Waals surface area contributed by atoms with Gasteiger partial charge in [0.05, 0.1) is 36.1 Å². The van der Waals surface area contributed by atoms with Crippen LogP contribution in [-0.2, 0) is 20.9 Å². The Bertz CT molecular complexity index is 572. The van der Waals surface area contributed by atoms with E-state index in [-0.39, 0.29) is 18.2 Å². The van der Waals surface area contributed by atoms with Crippen LogP contribution in [0.25, 0.3) is 0 Å². The van der Waals surface area contributed by atoms with E-state index in [4.69, 9.17) is 9.47 Å².